The average Bonchev–Trinajstić information content (AvgIpc) is 3.19. The van der Waals surface area contributed by atoms with E-state index >= 15 is 0 Å². The van der Waals surface area contributed by atoms with Crippen molar-refractivity contribution in [1.29, 1.82) is 0 Å². The van der Waals surface area contributed by atoms with Crippen LogP contribution < -0.4 is 10.6 Å². The highest BCUT2D eigenvalue weighted by molar-refractivity contribution is 5.74. The van der Waals surface area contributed by atoms with Crippen molar-refractivity contribution in [2.75, 3.05) is 13.2 Å². The van der Waals surface area contributed by atoms with Crippen LogP contribution in [0.4, 0.5) is 4.79 Å². The van der Waals surface area contributed by atoms with E-state index in [4.69, 9.17) is 4.74 Å². The summed E-state index contributed by atoms with van der Waals surface area (Å²) in [6.07, 6.45) is 2.56. The summed E-state index contributed by atoms with van der Waals surface area (Å²) in [5.74, 6) is 1.69. The Balaban J connectivity index is 1.24. The topological polar surface area (TPSA) is 50.4 Å². The molecule has 124 valence electrons. The third kappa shape index (κ3) is 2.63. The van der Waals surface area contributed by atoms with Crippen molar-refractivity contribution in [3.63, 3.8) is 0 Å². The van der Waals surface area contributed by atoms with E-state index < -0.39 is 0 Å². The van der Waals surface area contributed by atoms with Crippen LogP contribution in [0.2, 0.25) is 0 Å². The number of carbonyl (C=O) groups is 1. The van der Waals surface area contributed by atoms with E-state index in [0.717, 1.165) is 19.6 Å². The molecule has 3 aliphatic rings. The SMILES string of the molecule is CC1(C)[C@H](NC(=O)NC[C@@H]2C[C@@H]2c2ccccc2)[C@@H]2CCO[C@H]21. The van der Waals surface area contributed by atoms with Crippen LogP contribution in [0.1, 0.15) is 38.2 Å². The van der Waals surface area contributed by atoms with Gasteiger partial charge in [0.25, 0.3) is 0 Å². The molecule has 0 unspecified atom stereocenters. The van der Waals surface area contributed by atoms with Gasteiger partial charge in [-0.3, -0.25) is 0 Å². The van der Waals surface area contributed by atoms with E-state index in [1.807, 2.05) is 6.07 Å². The lowest BCUT2D eigenvalue weighted by atomic mass is 9.57. The Morgan fingerprint density at radius 3 is 2.87 bits per heavy atom. The molecule has 1 saturated heterocycles. The molecule has 2 amide bonds. The number of amides is 2. The Labute approximate surface area is 138 Å². The van der Waals surface area contributed by atoms with Crippen LogP contribution in [0.25, 0.3) is 0 Å². The van der Waals surface area contributed by atoms with Gasteiger partial charge in [-0.15, -0.1) is 0 Å². The molecule has 1 heterocycles. The molecule has 1 aliphatic heterocycles. The van der Waals surface area contributed by atoms with E-state index in [0.29, 0.717) is 23.9 Å². The Morgan fingerprint density at radius 1 is 1.30 bits per heavy atom. The first-order valence-corrected chi connectivity index (χ1v) is 8.78. The summed E-state index contributed by atoms with van der Waals surface area (Å²) >= 11 is 0. The van der Waals surface area contributed by atoms with Gasteiger partial charge in [0.1, 0.15) is 0 Å². The molecule has 4 nitrogen and oxygen atoms in total. The molecule has 4 rings (SSSR count). The molecule has 2 N–H and O–H groups in total. The van der Waals surface area contributed by atoms with Crippen molar-refractivity contribution in [3.05, 3.63) is 35.9 Å². The summed E-state index contributed by atoms with van der Waals surface area (Å²) < 4.78 is 5.78. The maximum absolute atomic E-state index is 12.2. The zero-order valence-corrected chi connectivity index (χ0v) is 13.9. The van der Waals surface area contributed by atoms with Crippen molar-refractivity contribution in [2.24, 2.45) is 17.3 Å². The Bertz CT molecular complexity index is 586. The number of hydrogen-bond donors (Lipinski definition) is 2. The maximum Gasteiger partial charge on any atom is 0.315 e. The fourth-order valence-corrected chi connectivity index (χ4v) is 4.61. The molecular formula is C19H26N2O2. The van der Waals surface area contributed by atoms with Crippen LogP contribution >= 0.6 is 0 Å². The van der Waals surface area contributed by atoms with Gasteiger partial charge in [-0.1, -0.05) is 44.2 Å². The smallest absolute Gasteiger partial charge is 0.315 e. The lowest BCUT2D eigenvalue weighted by molar-refractivity contribution is -0.108. The van der Waals surface area contributed by atoms with Crippen molar-refractivity contribution in [2.45, 2.75) is 44.8 Å². The lowest BCUT2D eigenvalue weighted by Gasteiger charge is -2.54. The Morgan fingerprint density at radius 2 is 2.09 bits per heavy atom. The molecule has 1 aromatic carbocycles. The molecular weight excluding hydrogens is 288 g/mol. The van der Waals surface area contributed by atoms with Crippen LogP contribution in [-0.4, -0.2) is 31.3 Å². The highest BCUT2D eigenvalue weighted by atomic mass is 16.5. The molecule has 4 heteroatoms. The van der Waals surface area contributed by atoms with Gasteiger partial charge >= 0.3 is 6.03 Å². The number of rotatable bonds is 4. The number of hydrogen-bond acceptors (Lipinski definition) is 2. The first kappa shape index (κ1) is 15.0. The van der Waals surface area contributed by atoms with Gasteiger partial charge in [0, 0.05) is 30.5 Å². The largest absolute Gasteiger partial charge is 0.377 e. The molecule has 0 aromatic heterocycles. The monoisotopic (exact) mass is 314 g/mol. The van der Waals surface area contributed by atoms with Gasteiger partial charge in [-0.05, 0) is 30.2 Å². The lowest BCUT2D eigenvalue weighted by Crippen LogP contribution is -2.67. The molecule has 3 fully saturated rings. The number of fused-ring (bicyclic) bond motifs is 1. The second-order valence-electron chi connectivity index (χ2n) is 7.91. The first-order valence-electron chi connectivity index (χ1n) is 8.78. The molecule has 0 radical (unpaired) electrons. The van der Waals surface area contributed by atoms with E-state index in [-0.39, 0.29) is 17.5 Å². The maximum atomic E-state index is 12.2. The van der Waals surface area contributed by atoms with Gasteiger partial charge in [0.05, 0.1) is 6.10 Å². The van der Waals surface area contributed by atoms with Gasteiger partial charge in [-0.25, -0.2) is 4.79 Å². The van der Waals surface area contributed by atoms with Crippen LogP contribution in [0, 0.1) is 17.3 Å². The van der Waals surface area contributed by atoms with Gasteiger partial charge in [0.15, 0.2) is 0 Å². The molecule has 2 aliphatic carbocycles. The quantitative estimate of drug-likeness (QED) is 0.898. The van der Waals surface area contributed by atoms with Crippen molar-refractivity contribution in [1.82, 2.24) is 10.6 Å². The van der Waals surface area contributed by atoms with Crippen molar-refractivity contribution in [3.8, 4) is 0 Å². The minimum Gasteiger partial charge on any atom is -0.377 e. The van der Waals surface area contributed by atoms with E-state index in [9.17, 15) is 4.79 Å². The number of carbonyl (C=O) groups excluding carboxylic acids is 1. The van der Waals surface area contributed by atoms with E-state index in [1.165, 1.54) is 12.0 Å². The highest BCUT2D eigenvalue weighted by Crippen LogP contribution is 2.52. The summed E-state index contributed by atoms with van der Waals surface area (Å²) in [5.41, 5.74) is 1.44. The molecule has 23 heavy (non-hydrogen) atoms. The third-order valence-electron chi connectivity index (χ3n) is 6.06. The fourth-order valence-electron chi connectivity index (χ4n) is 4.61. The highest BCUT2D eigenvalue weighted by Gasteiger charge is 2.59. The summed E-state index contributed by atoms with van der Waals surface area (Å²) in [6, 6.07) is 10.8. The predicted molar refractivity (Wildman–Crippen MR) is 89.2 cm³/mol. The van der Waals surface area contributed by atoms with Crippen molar-refractivity contribution < 1.29 is 9.53 Å². The number of benzene rings is 1. The number of urea groups is 1. The second-order valence-corrected chi connectivity index (χ2v) is 7.91. The minimum atomic E-state index is -0.0212. The molecule has 0 spiro atoms. The predicted octanol–water partition coefficient (Wildman–Crippen LogP) is 2.90. The zero-order valence-electron chi connectivity index (χ0n) is 13.9. The normalized spacial score (nSPS) is 36.7. The van der Waals surface area contributed by atoms with E-state index in [1.54, 1.807) is 0 Å². The van der Waals surface area contributed by atoms with Crippen LogP contribution in [0.5, 0.6) is 0 Å². The number of nitrogens with one attached hydrogen (secondary N) is 2. The standard InChI is InChI=1S/C19H26N2O2/c1-19(2)16(14-8-9-23-17(14)19)21-18(22)20-11-13-10-15(13)12-6-4-3-5-7-12/h3-7,13-17H,8-11H2,1-2H3,(H2,20,21,22)/t13-,14-,15+,16+,17+/m0/s1. The molecule has 1 aromatic rings. The van der Waals surface area contributed by atoms with Crippen LogP contribution in [0.15, 0.2) is 30.3 Å². The summed E-state index contributed by atoms with van der Waals surface area (Å²) in [4.78, 5) is 12.2. The van der Waals surface area contributed by atoms with E-state index in [2.05, 4.69) is 48.7 Å². The van der Waals surface area contributed by atoms with Gasteiger partial charge in [0.2, 0.25) is 0 Å². The van der Waals surface area contributed by atoms with Crippen LogP contribution in [-0.2, 0) is 4.74 Å². The fraction of sp³-hybridized carbons (Fsp3) is 0.632. The third-order valence-corrected chi connectivity index (χ3v) is 6.06. The first-order chi connectivity index (χ1) is 11.1. The zero-order chi connectivity index (χ0) is 16.0. The molecule has 2 saturated carbocycles. The van der Waals surface area contributed by atoms with Gasteiger partial charge in [-0.2, -0.15) is 0 Å². The molecule has 0 bridgehead atoms. The summed E-state index contributed by atoms with van der Waals surface area (Å²) in [6.45, 7) is 5.98. The number of ether oxygens (including phenoxy) is 1. The second kappa shape index (κ2) is 5.52. The van der Waals surface area contributed by atoms with Crippen LogP contribution in [0.3, 0.4) is 0 Å². The van der Waals surface area contributed by atoms with Gasteiger partial charge < -0.3 is 15.4 Å². The Kier molecular flexibility index (Phi) is 3.60. The minimum absolute atomic E-state index is 0.0212. The summed E-state index contributed by atoms with van der Waals surface area (Å²) in [5, 5.41) is 6.26. The van der Waals surface area contributed by atoms with Crippen molar-refractivity contribution >= 4 is 6.03 Å². The average molecular weight is 314 g/mol. The summed E-state index contributed by atoms with van der Waals surface area (Å²) in [7, 11) is 0. The Hall–Kier alpha value is -1.55. The molecule has 5 atom stereocenters.